The third-order valence-electron chi connectivity index (χ3n) is 6.11. The Labute approximate surface area is 183 Å². The number of urea groups is 1. The lowest BCUT2D eigenvalue weighted by Gasteiger charge is -2.34. The minimum absolute atomic E-state index is 0.0390. The Kier molecular flexibility index (Phi) is 6.58. The molecule has 2 fully saturated rings. The van der Waals surface area contributed by atoms with Crippen molar-refractivity contribution in [3.63, 3.8) is 0 Å². The summed E-state index contributed by atoms with van der Waals surface area (Å²) in [7, 11) is 0. The molecule has 0 aromatic heterocycles. The first-order chi connectivity index (χ1) is 14.6. The first kappa shape index (κ1) is 20.7. The molecule has 30 heavy (non-hydrogen) atoms. The van der Waals surface area contributed by atoms with Gasteiger partial charge in [-0.15, -0.1) is 0 Å². The molecule has 158 valence electrons. The van der Waals surface area contributed by atoms with Crippen LogP contribution in [0.5, 0.6) is 0 Å². The fourth-order valence-electron chi connectivity index (χ4n) is 4.39. The number of benzene rings is 2. The number of nitrogens with one attached hydrogen (secondary N) is 1. The monoisotopic (exact) mass is 425 g/mol. The van der Waals surface area contributed by atoms with Crippen LogP contribution in [0.25, 0.3) is 0 Å². The molecule has 0 spiro atoms. The van der Waals surface area contributed by atoms with E-state index in [0.717, 1.165) is 37.1 Å². The number of carbonyl (C=O) groups excluding carboxylic acids is 2. The van der Waals surface area contributed by atoms with Crippen molar-refractivity contribution in [3.8, 4) is 0 Å². The Morgan fingerprint density at radius 1 is 0.867 bits per heavy atom. The first-order valence-corrected chi connectivity index (χ1v) is 11.1. The summed E-state index contributed by atoms with van der Waals surface area (Å²) in [5.74, 6) is -0.0462. The molecule has 1 N–H and O–H groups in total. The van der Waals surface area contributed by atoms with Crippen LogP contribution in [0.4, 0.5) is 4.79 Å². The molecule has 0 bridgehead atoms. The number of carbonyl (C=O) groups is 2. The summed E-state index contributed by atoms with van der Waals surface area (Å²) >= 11 is 6.21. The van der Waals surface area contributed by atoms with Crippen LogP contribution in [0.2, 0.25) is 5.02 Å². The molecule has 2 aromatic rings. The summed E-state index contributed by atoms with van der Waals surface area (Å²) in [6.45, 7) is 3.00. The van der Waals surface area contributed by atoms with Crippen molar-refractivity contribution in [3.05, 3.63) is 70.7 Å². The van der Waals surface area contributed by atoms with E-state index < -0.39 is 0 Å². The molecular formula is C24H28ClN3O2. The summed E-state index contributed by atoms with van der Waals surface area (Å²) < 4.78 is 0. The zero-order chi connectivity index (χ0) is 20.9. The lowest BCUT2D eigenvalue weighted by Crippen LogP contribution is -2.48. The highest BCUT2D eigenvalue weighted by atomic mass is 35.5. The van der Waals surface area contributed by atoms with Gasteiger partial charge in [-0.3, -0.25) is 4.79 Å². The van der Waals surface area contributed by atoms with E-state index in [4.69, 9.17) is 11.6 Å². The van der Waals surface area contributed by atoms with E-state index in [-0.39, 0.29) is 23.9 Å². The maximum atomic E-state index is 13.1. The topological polar surface area (TPSA) is 52.7 Å². The SMILES string of the molecule is O=C(NC(c1ccccc1)c1cccc(Cl)c1)C1CCN(C(=O)N2CCCC2)CC1. The summed E-state index contributed by atoms with van der Waals surface area (Å²) in [5, 5.41) is 3.88. The van der Waals surface area contributed by atoms with Crippen molar-refractivity contribution < 1.29 is 9.59 Å². The van der Waals surface area contributed by atoms with Gasteiger partial charge >= 0.3 is 6.03 Å². The molecule has 1 atom stereocenters. The highest BCUT2D eigenvalue weighted by molar-refractivity contribution is 6.30. The van der Waals surface area contributed by atoms with Gasteiger partial charge < -0.3 is 15.1 Å². The van der Waals surface area contributed by atoms with Crippen molar-refractivity contribution in [2.75, 3.05) is 26.2 Å². The number of halogens is 1. The van der Waals surface area contributed by atoms with Gasteiger partial charge in [-0.2, -0.15) is 0 Å². The van der Waals surface area contributed by atoms with Gasteiger partial charge in [0.05, 0.1) is 6.04 Å². The van der Waals surface area contributed by atoms with Gasteiger partial charge in [0.2, 0.25) is 5.91 Å². The molecule has 2 aliphatic heterocycles. The van der Waals surface area contributed by atoms with Gasteiger partial charge in [-0.05, 0) is 48.9 Å². The molecule has 0 saturated carbocycles. The van der Waals surface area contributed by atoms with Crippen molar-refractivity contribution >= 4 is 23.5 Å². The Balaban J connectivity index is 1.41. The van der Waals surface area contributed by atoms with E-state index >= 15 is 0 Å². The lowest BCUT2D eigenvalue weighted by atomic mass is 9.93. The molecule has 2 aliphatic rings. The van der Waals surface area contributed by atoms with Crippen LogP contribution >= 0.6 is 11.6 Å². The third-order valence-corrected chi connectivity index (χ3v) is 6.35. The highest BCUT2D eigenvalue weighted by Crippen LogP contribution is 2.27. The molecule has 6 heteroatoms. The number of nitrogens with zero attached hydrogens (tertiary/aromatic N) is 2. The largest absolute Gasteiger partial charge is 0.345 e. The number of hydrogen-bond acceptors (Lipinski definition) is 2. The molecule has 5 nitrogen and oxygen atoms in total. The Hall–Kier alpha value is -2.53. The maximum absolute atomic E-state index is 13.1. The van der Waals surface area contributed by atoms with Crippen LogP contribution in [0, 0.1) is 5.92 Å². The van der Waals surface area contributed by atoms with Crippen LogP contribution in [-0.4, -0.2) is 47.9 Å². The minimum atomic E-state index is -0.248. The predicted molar refractivity (Wildman–Crippen MR) is 118 cm³/mol. The van der Waals surface area contributed by atoms with E-state index in [1.54, 1.807) is 0 Å². The molecule has 4 rings (SSSR count). The zero-order valence-electron chi connectivity index (χ0n) is 17.1. The van der Waals surface area contributed by atoms with Crippen molar-refractivity contribution in [2.24, 2.45) is 5.92 Å². The second kappa shape index (κ2) is 9.52. The number of amides is 3. The van der Waals surface area contributed by atoms with Crippen molar-refractivity contribution in [1.82, 2.24) is 15.1 Å². The van der Waals surface area contributed by atoms with Crippen LogP contribution < -0.4 is 5.32 Å². The molecule has 3 amide bonds. The van der Waals surface area contributed by atoms with Gasteiger partial charge in [0.25, 0.3) is 0 Å². The second-order valence-electron chi connectivity index (χ2n) is 8.15. The van der Waals surface area contributed by atoms with Crippen LogP contribution in [-0.2, 0) is 4.79 Å². The van der Waals surface area contributed by atoms with Gasteiger partial charge in [0.15, 0.2) is 0 Å². The Morgan fingerprint density at radius 3 is 2.17 bits per heavy atom. The molecule has 0 aliphatic carbocycles. The number of rotatable bonds is 4. The molecule has 1 unspecified atom stereocenters. The fraction of sp³-hybridized carbons (Fsp3) is 0.417. The number of piperidine rings is 1. The van der Waals surface area contributed by atoms with Crippen LogP contribution in [0.1, 0.15) is 42.9 Å². The summed E-state index contributed by atoms with van der Waals surface area (Å²) in [6.07, 6.45) is 3.58. The second-order valence-corrected chi connectivity index (χ2v) is 8.58. The zero-order valence-corrected chi connectivity index (χ0v) is 17.9. The number of likely N-dealkylation sites (tertiary alicyclic amines) is 2. The van der Waals surface area contributed by atoms with E-state index in [1.165, 1.54) is 0 Å². The summed E-state index contributed by atoms with van der Waals surface area (Å²) in [6, 6.07) is 17.5. The molecule has 2 heterocycles. The maximum Gasteiger partial charge on any atom is 0.319 e. The molecule has 0 radical (unpaired) electrons. The minimum Gasteiger partial charge on any atom is -0.345 e. The summed E-state index contributed by atoms with van der Waals surface area (Å²) in [5.41, 5.74) is 1.98. The van der Waals surface area contributed by atoms with E-state index in [0.29, 0.717) is 31.0 Å². The molecule has 2 aromatic carbocycles. The van der Waals surface area contributed by atoms with Gasteiger partial charge in [0, 0.05) is 37.1 Å². The normalized spacial score (nSPS) is 18.3. The van der Waals surface area contributed by atoms with Gasteiger partial charge in [0.1, 0.15) is 0 Å². The first-order valence-electron chi connectivity index (χ1n) is 10.8. The Morgan fingerprint density at radius 2 is 1.50 bits per heavy atom. The molecule has 2 saturated heterocycles. The fourth-order valence-corrected chi connectivity index (χ4v) is 4.59. The van der Waals surface area contributed by atoms with Crippen LogP contribution in [0.3, 0.4) is 0 Å². The van der Waals surface area contributed by atoms with E-state index in [1.807, 2.05) is 64.4 Å². The van der Waals surface area contributed by atoms with Crippen molar-refractivity contribution in [2.45, 2.75) is 31.7 Å². The molecular weight excluding hydrogens is 398 g/mol. The third kappa shape index (κ3) is 4.78. The average molecular weight is 426 g/mol. The summed E-state index contributed by atoms with van der Waals surface area (Å²) in [4.78, 5) is 29.5. The smallest absolute Gasteiger partial charge is 0.319 e. The average Bonchev–Trinajstić information content (AvgIpc) is 3.32. The van der Waals surface area contributed by atoms with Gasteiger partial charge in [-0.25, -0.2) is 4.79 Å². The standard InChI is InChI=1S/C24H28ClN3O2/c25-21-10-6-9-20(17-21)22(18-7-2-1-3-8-18)26-23(29)19-11-15-28(16-12-19)24(30)27-13-4-5-14-27/h1-3,6-10,17,19,22H,4-5,11-16H2,(H,26,29). The van der Waals surface area contributed by atoms with E-state index in [9.17, 15) is 9.59 Å². The lowest BCUT2D eigenvalue weighted by molar-refractivity contribution is -0.126. The number of hydrogen-bond donors (Lipinski definition) is 1. The van der Waals surface area contributed by atoms with Gasteiger partial charge in [-0.1, -0.05) is 54.1 Å². The van der Waals surface area contributed by atoms with Crippen molar-refractivity contribution in [1.29, 1.82) is 0 Å². The Bertz CT molecular complexity index is 875. The van der Waals surface area contributed by atoms with Crippen LogP contribution in [0.15, 0.2) is 54.6 Å². The highest BCUT2D eigenvalue weighted by Gasteiger charge is 2.31. The quantitative estimate of drug-likeness (QED) is 0.785. The predicted octanol–water partition coefficient (Wildman–Crippen LogP) is 4.47. The van der Waals surface area contributed by atoms with E-state index in [2.05, 4.69) is 5.32 Å².